The van der Waals surface area contributed by atoms with Crippen molar-refractivity contribution in [3.8, 4) is 0 Å². The lowest BCUT2D eigenvalue weighted by Crippen LogP contribution is -2.48. The van der Waals surface area contributed by atoms with Crippen LogP contribution in [0.3, 0.4) is 0 Å². The molecule has 1 aliphatic heterocycles. The highest BCUT2D eigenvalue weighted by atomic mass is 79.9. The van der Waals surface area contributed by atoms with Crippen molar-refractivity contribution < 1.29 is 14.6 Å². The van der Waals surface area contributed by atoms with Crippen LogP contribution in [0.25, 0.3) is 0 Å². The number of ether oxygens (including phenoxy) is 1. The van der Waals surface area contributed by atoms with Gasteiger partial charge in [-0.25, -0.2) is 0 Å². The maximum absolute atomic E-state index is 12.2. The molecule has 0 radical (unpaired) electrons. The van der Waals surface area contributed by atoms with Crippen LogP contribution in [-0.4, -0.2) is 36.9 Å². The van der Waals surface area contributed by atoms with Crippen molar-refractivity contribution in [3.05, 3.63) is 28.7 Å². The van der Waals surface area contributed by atoms with Crippen molar-refractivity contribution in [3.63, 3.8) is 0 Å². The van der Waals surface area contributed by atoms with Gasteiger partial charge in [-0.15, -0.1) is 0 Å². The van der Waals surface area contributed by atoms with Gasteiger partial charge in [0.05, 0.1) is 6.61 Å². The Bertz CT molecular complexity index is 424. The average molecular weight is 314 g/mol. The summed E-state index contributed by atoms with van der Waals surface area (Å²) in [6.07, 6.45) is 0.729. The van der Waals surface area contributed by atoms with E-state index in [1.165, 1.54) is 0 Å². The zero-order chi connectivity index (χ0) is 13.0. The van der Waals surface area contributed by atoms with Gasteiger partial charge < -0.3 is 14.7 Å². The standard InChI is InChI=1S/C13H16BrNO3/c14-10-3-1-4-11(9-10)15-6-8-18-12(13(15)17)5-2-7-16/h1,3-4,9,12,16H,2,5-8H2. The van der Waals surface area contributed by atoms with E-state index in [9.17, 15) is 4.79 Å². The number of nitrogens with zero attached hydrogens (tertiary/aromatic N) is 1. The van der Waals surface area contributed by atoms with Crippen LogP contribution < -0.4 is 4.90 Å². The van der Waals surface area contributed by atoms with Crippen molar-refractivity contribution in [1.82, 2.24) is 0 Å². The zero-order valence-electron chi connectivity index (χ0n) is 10.0. The van der Waals surface area contributed by atoms with Gasteiger partial charge in [-0.2, -0.15) is 0 Å². The molecule has 1 aromatic rings. The molecule has 4 nitrogen and oxygen atoms in total. The lowest BCUT2D eigenvalue weighted by atomic mass is 10.1. The van der Waals surface area contributed by atoms with Gasteiger partial charge in [0.25, 0.3) is 5.91 Å². The van der Waals surface area contributed by atoms with Crippen LogP contribution in [0.5, 0.6) is 0 Å². The van der Waals surface area contributed by atoms with E-state index in [4.69, 9.17) is 9.84 Å². The summed E-state index contributed by atoms with van der Waals surface area (Å²) in [6, 6.07) is 7.67. The molecule has 1 heterocycles. The number of halogens is 1. The molecule has 0 saturated carbocycles. The van der Waals surface area contributed by atoms with Gasteiger partial charge in [0.15, 0.2) is 0 Å². The summed E-state index contributed by atoms with van der Waals surface area (Å²) in [4.78, 5) is 14.0. The van der Waals surface area contributed by atoms with Gasteiger partial charge >= 0.3 is 0 Å². The van der Waals surface area contributed by atoms with Crippen LogP contribution in [-0.2, 0) is 9.53 Å². The molecule has 0 spiro atoms. The molecule has 1 atom stereocenters. The first-order valence-electron chi connectivity index (χ1n) is 6.02. The Morgan fingerprint density at radius 2 is 2.33 bits per heavy atom. The van der Waals surface area contributed by atoms with Gasteiger partial charge in [0.2, 0.25) is 0 Å². The van der Waals surface area contributed by atoms with Gasteiger partial charge in [-0.1, -0.05) is 22.0 Å². The molecular weight excluding hydrogens is 298 g/mol. The summed E-state index contributed by atoms with van der Waals surface area (Å²) in [7, 11) is 0. The van der Waals surface area contributed by atoms with E-state index >= 15 is 0 Å². The Hall–Kier alpha value is -0.910. The lowest BCUT2D eigenvalue weighted by Gasteiger charge is -2.32. The minimum absolute atomic E-state index is 0.0206. The van der Waals surface area contributed by atoms with Gasteiger partial charge in [-0.3, -0.25) is 4.79 Å². The highest BCUT2D eigenvalue weighted by molar-refractivity contribution is 9.10. The van der Waals surface area contributed by atoms with Crippen molar-refractivity contribution >= 4 is 27.5 Å². The van der Waals surface area contributed by atoms with Gasteiger partial charge in [0, 0.05) is 23.3 Å². The number of hydrogen-bond acceptors (Lipinski definition) is 3. The molecule has 18 heavy (non-hydrogen) atoms. The fraction of sp³-hybridized carbons (Fsp3) is 0.462. The summed E-state index contributed by atoms with van der Waals surface area (Å²) in [5.41, 5.74) is 0.881. The molecule has 1 aliphatic rings. The van der Waals surface area contributed by atoms with Crippen LogP contribution in [0.4, 0.5) is 5.69 Å². The molecule has 98 valence electrons. The number of carbonyl (C=O) groups excluding carboxylic acids is 1. The molecule has 5 heteroatoms. The Labute approximate surface area is 115 Å². The molecule has 0 aromatic heterocycles. The molecule has 1 aromatic carbocycles. The third-order valence-corrected chi connectivity index (χ3v) is 3.41. The molecule has 2 rings (SSSR count). The van der Waals surface area contributed by atoms with E-state index in [0.717, 1.165) is 10.2 Å². The number of carbonyl (C=O) groups is 1. The second kappa shape index (κ2) is 6.31. The number of aliphatic hydroxyl groups excluding tert-OH is 1. The number of benzene rings is 1. The summed E-state index contributed by atoms with van der Waals surface area (Å²) >= 11 is 3.40. The van der Waals surface area contributed by atoms with E-state index in [-0.39, 0.29) is 12.5 Å². The van der Waals surface area contributed by atoms with Crippen molar-refractivity contribution in [1.29, 1.82) is 0 Å². The minimum Gasteiger partial charge on any atom is -0.396 e. The van der Waals surface area contributed by atoms with E-state index in [2.05, 4.69) is 15.9 Å². The molecule has 1 saturated heterocycles. The fourth-order valence-electron chi connectivity index (χ4n) is 2.03. The monoisotopic (exact) mass is 313 g/mol. The normalized spacial score (nSPS) is 20.2. The summed E-state index contributed by atoms with van der Waals surface area (Å²) in [6.45, 7) is 1.20. The second-order valence-corrected chi connectivity index (χ2v) is 5.11. The van der Waals surface area contributed by atoms with Crippen LogP contribution in [0.2, 0.25) is 0 Å². The Balaban J connectivity index is 2.11. The maximum atomic E-state index is 12.2. The van der Waals surface area contributed by atoms with Crippen LogP contribution >= 0.6 is 15.9 Å². The first-order valence-corrected chi connectivity index (χ1v) is 6.81. The van der Waals surface area contributed by atoms with E-state index in [1.54, 1.807) is 4.90 Å². The molecule has 1 N–H and O–H groups in total. The topological polar surface area (TPSA) is 49.8 Å². The quantitative estimate of drug-likeness (QED) is 0.924. The van der Waals surface area contributed by atoms with Gasteiger partial charge in [0.1, 0.15) is 6.10 Å². The molecule has 1 fully saturated rings. The van der Waals surface area contributed by atoms with E-state index in [1.807, 2.05) is 24.3 Å². The first kappa shape index (κ1) is 13.5. The molecule has 0 aliphatic carbocycles. The van der Waals surface area contributed by atoms with Crippen molar-refractivity contribution in [2.24, 2.45) is 0 Å². The zero-order valence-corrected chi connectivity index (χ0v) is 11.6. The van der Waals surface area contributed by atoms with Crippen molar-refractivity contribution in [2.45, 2.75) is 18.9 Å². The second-order valence-electron chi connectivity index (χ2n) is 4.20. The number of rotatable bonds is 4. The largest absolute Gasteiger partial charge is 0.396 e. The average Bonchev–Trinajstić information content (AvgIpc) is 2.37. The van der Waals surface area contributed by atoms with Crippen LogP contribution in [0.1, 0.15) is 12.8 Å². The Kier molecular flexibility index (Phi) is 4.74. The van der Waals surface area contributed by atoms with E-state index < -0.39 is 6.10 Å². The van der Waals surface area contributed by atoms with E-state index in [0.29, 0.717) is 26.0 Å². The highest BCUT2D eigenvalue weighted by Crippen LogP contribution is 2.23. The predicted octanol–water partition coefficient (Wildman–Crippen LogP) is 1.95. The minimum atomic E-state index is -0.426. The molecule has 1 unspecified atom stereocenters. The number of hydrogen-bond donors (Lipinski definition) is 1. The van der Waals surface area contributed by atoms with Crippen LogP contribution in [0.15, 0.2) is 28.7 Å². The maximum Gasteiger partial charge on any atom is 0.256 e. The lowest BCUT2D eigenvalue weighted by molar-refractivity contribution is -0.134. The van der Waals surface area contributed by atoms with Crippen LogP contribution in [0, 0.1) is 0 Å². The third-order valence-electron chi connectivity index (χ3n) is 2.92. The van der Waals surface area contributed by atoms with Gasteiger partial charge in [-0.05, 0) is 31.0 Å². The van der Waals surface area contributed by atoms with Crippen molar-refractivity contribution in [2.75, 3.05) is 24.7 Å². The molecule has 0 bridgehead atoms. The SMILES string of the molecule is O=C1C(CCCO)OCCN1c1cccc(Br)c1. The highest BCUT2D eigenvalue weighted by Gasteiger charge is 2.29. The Morgan fingerprint density at radius 1 is 1.50 bits per heavy atom. The smallest absolute Gasteiger partial charge is 0.256 e. The molecular formula is C13H16BrNO3. The Morgan fingerprint density at radius 3 is 3.06 bits per heavy atom. The third kappa shape index (κ3) is 3.10. The predicted molar refractivity (Wildman–Crippen MR) is 72.6 cm³/mol. The number of amides is 1. The first-order chi connectivity index (χ1) is 8.72. The summed E-state index contributed by atoms with van der Waals surface area (Å²) in [5.74, 6) is -0.0206. The fourth-order valence-corrected chi connectivity index (χ4v) is 2.41. The number of aliphatic hydroxyl groups is 1. The molecule has 1 amide bonds. The summed E-state index contributed by atoms with van der Waals surface area (Å²) < 4.78 is 6.41. The number of morpholine rings is 1. The summed E-state index contributed by atoms with van der Waals surface area (Å²) in [5, 5.41) is 8.82. The number of anilines is 1.